The van der Waals surface area contributed by atoms with Crippen molar-refractivity contribution in [3.05, 3.63) is 90.3 Å². The van der Waals surface area contributed by atoms with Gasteiger partial charge in [0.15, 0.2) is 11.8 Å². The van der Waals surface area contributed by atoms with Gasteiger partial charge in [0.05, 0.1) is 12.6 Å². The quantitative estimate of drug-likeness (QED) is 0.177. The van der Waals surface area contributed by atoms with Crippen LogP contribution in [0.15, 0.2) is 84.0 Å². The van der Waals surface area contributed by atoms with E-state index in [1.807, 2.05) is 6.19 Å². The van der Waals surface area contributed by atoms with Gasteiger partial charge in [-0.05, 0) is 35.9 Å². The Morgan fingerprint density at radius 1 is 1.08 bits per heavy atom. The third-order valence-corrected chi connectivity index (χ3v) is 8.98. The van der Waals surface area contributed by atoms with Crippen LogP contribution in [0.2, 0.25) is 0 Å². The Morgan fingerprint density at radius 2 is 1.73 bits per heavy atom. The number of carbonyl (C=O) groups excluding carboxylic acids is 2. The van der Waals surface area contributed by atoms with Gasteiger partial charge in [0.1, 0.15) is 17.0 Å². The molecule has 1 saturated heterocycles. The van der Waals surface area contributed by atoms with Gasteiger partial charge in [-0.25, -0.2) is 0 Å². The highest BCUT2D eigenvalue weighted by atomic mass is 32.5. The molecule has 4 atom stereocenters. The van der Waals surface area contributed by atoms with Gasteiger partial charge in [0.2, 0.25) is 5.91 Å². The zero-order valence-corrected chi connectivity index (χ0v) is 25.8. The Hall–Kier alpha value is -4.47. The summed E-state index contributed by atoms with van der Waals surface area (Å²) in [6.45, 7) is -0.884. The molecule has 2 amide bonds. The second-order valence-corrected chi connectivity index (χ2v) is 13.4. The van der Waals surface area contributed by atoms with Gasteiger partial charge < -0.3 is 15.2 Å². The first-order valence-corrected chi connectivity index (χ1v) is 16.0. The molecule has 1 fully saturated rings. The van der Waals surface area contributed by atoms with E-state index in [9.17, 15) is 52.6 Å². The van der Waals surface area contributed by atoms with Crippen LogP contribution in [0.4, 0.5) is 38.3 Å². The Bertz CT molecular complexity index is 1660. The van der Waals surface area contributed by atoms with Crippen LogP contribution in [-0.2, 0) is 19.9 Å². The van der Waals surface area contributed by atoms with Crippen LogP contribution in [0, 0.1) is 11.5 Å². The lowest BCUT2D eigenvalue weighted by molar-refractivity contribution is -0.268. The smallest absolute Gasteiger partial charge is 0.379 e. The molecule has 0 aliphatic carbocycles. The van der Waals surface area contributed by atoms with E-state index in [4.69, 9.17) is 4.74 Å². The van der Waals surface area contributed by atoms with E-state index in [2.05, 4.69) is 10.3 Å². The van der Waals surface area contributed by atoms with Crippen LogP contribution in [-0.4, -0.2) is 65.3 Å². The van der Waals surface area contributed by atoms with Crippen LogP contribution in [0.5, 0.6) is 0 Å². The maximum atomic E-state index is 14.2. The molecule has 2 unspecified atom stereocenters. The molecule has 0 radical (unpaired) electrons. The summed E-state index contributed by atoms with van der Waals surface area (Å²) < 4.78 is 115. The van der Waals surface area contributed by atoms with Crippen LogP contribution < -0.4 is 10.2 Å². The normalized spacial score (nSPS) is 20.1. The molecule has 1 aliphatic heterocycles. The number of pyridine rings is 1. The minimum atomic E-state index is -10.2. The molecule has 48 heavy (non-hydrogen) atoms. The number of halogens is 8. The summed E-state index contributed by atoms with van der Waals surface area (Å²) in [6.07, 6.45) is -2.83. The number of alkyl halides is 3. The number of aliphatic hydroxyl groups is 1. The molecule has 2 aromatic carbocycles. The number of benzene rings is 2. The largest absolute Gasteiger partial charge is 0.421 e. The fourth-order valence-corrected chi connectivity index (χ4v) is 5.97. The standard InChI is InChI=1S/C30H29F8N5O4S/c1-47-23-16-25(42(18-23)19-39)28(45)43(22-9-11-24(12-10-22)48(34,35,36,37)38)26(20-6-5-14-40-17-20)27(44)41-15-13-29(46,30(31,32)33)21-7-3-2-4-8-21/h2-12,14,17,23,25-26,46H,13,15-16,18H2,1H3,(H,41,44)/t23-,25-,26?,29?/m1/s1. The van der Waals surface area contributed by atoms with Crippen LogP contribution in [0.1, 0.15) is 30.0 Å². The average molecular weight is 708 g/mol. The van der Waals surface area contributed by atoms with Crippen LogP contribution in [0.3, 0.4) is 0 Å². The highest BCUT2D eigenvalue weighted by Crippen LogP contribution is 3.02. The van der Waals surface area contributed by atoms with Crippen molar-refractivity contribution in [1.82, 2.24) is 15.2 Å². The highest BCUT2D eigenvalue weighted by Gasteiger charge is 2.65. The van der Waals surface area contributed by atoms with Gasteiger partial charge in [-0.1, -0.05) is 55.8 Å². The summed E-state index contributed by atoms with van der Waals surface area (Å²) >= 11 is 0. The minimum Gasteiger partial charge on any atom is -0.379 e. The first kappa shape index (κ1) is 36.4. The van der Waals surface area contributed by atoms with Crippen molar-refractivity contribution in [2.45, 2.75) is 47.7 Å². The average Bonchev–Trinajstić information content (AvgIpc) is 3.46. The molecule has 0 bridgehead atoms. The number of methoxy groups -OCH3 is 1. The summed E-state index contributed by atoms with van der Waals surface area (Å²) in [5.74, 6) is -2.19. The van der Waals surface area contributed by atoms with Gasteiger partial charge in [0.25, 0.3) is 5.91 Å². The van der Waals surface area contributed by atoms with Crippen molar-refractivity contribution in [2.75, 3.05) is 25.1 Å². The van der Waals surface area contributed by atoms with Gasteiger partial charge in [-0.15, -0.1) is 0 Å². The monoisotopic (exact) mass is 707 g/mol. The predicted octanol–water partition coefficient (Wildman–Crippen LogP) is 6.34. The van der Waals surface area contributed by atoms with Crippen molar-refractivity contribution < 1.29 is 52.0 Å². The van der Waals surface area contributed by atoms with Crippen molar-refractivity contribution in [3.8, 4) is 6.19 Å². The molecule has 18 heteroatoms. The number of carbonyl (C=O) groups is 2. The topological polar surface area (TPSA) is 119 Å². The van der Waals surface area contributed by atoms with Crippen molar-refractivity contribution in [2.24, 2.45) is 0 Å². The van der Waals surface area contributed by atoms with Gasteiger partial charge in [-0.3, -0.25) is 24.4 Å². The van der Waals surface area contributed by atoms with E-state index in [1.54, 1.807) is 0 Å². The van der Waals surface area contributed by atoms with Crippen LogP contribution >= 0.6 is 10.2 Å². The van der Waals surface area contributed by atoms with Crippen molar-refractivity contribution in [1.29, 1.82) is 5.26 Å². The number of anilines is 1. The fourth-order valence-electron chi connectivity index (χ4n) is 5.32. The molecule has 4 rings (SSSR count). The predicted molar refractivity (Wildman–Crippen MR) is 158 cm³/mol. The summed E-state index contributed by atoms with van der Waals surface area (Å²) in [6, 6.07) is 6.66. The van der Waals surface area contributed by atoms with Gasteiger partial charge in [0, 0.05) is 50.1 Å². The van der Waals surface area contributed by atoms with E-state index in [0.29, 0.717) is 17.0 Å². The lowest BCUT2D eigenvalue weighted by Crippen LogP contribution is -2.51. The summed E-state index contributed by atoms with van der Waals surface area (Å²) in [4.78, 5) is 31.3. The molecule has 9 nitrogen and oxygen atoms in total. The zero-order valence-electron chi connectivity index (χ0n) is 25.0. The number of hydrogen-bond acceptors (Lipinski definition) is 7. The second kappa shape index (κ2) is 12.5. The van der Waals surface area contributed by atoms with E-state index < -0.39 is 81.1 Å². The minimum absolute atomic E-state index is 0.0351. The lowest BCUT2D eigenvalue weighted by Gasteiger charge is -2.41. The van der Waals surface area contributed by atoms with Crippen LogP contribution in [0.25, 0.3) is 0 Å². The molecule has 260 valence electrons. The Balaban J connectivity index is 1.77. The van der Waals surface area contributed by atoms with E-state index in [1.165, 1.54) is 43.6 Å². The zero-order chi connectivity index (χ0) is 35.6. The number of aromatic nitrogens is 1. The highest BCUT2D eigenvalue weighted by molar-refractivity contribution is 8.45. The first-order valence-electron chi connectivity index (χ1n) is 14.1. The van der Waals surface area contributed by atoms with E-state index in [0.717, 1.165) is 23.2 Å². The van der Waals surface area contributed by atoms with Crippen molar-refractivity contribution >= 4 is 27.7 Å². The number of ether oxygens (including phenoxy) is 1. The number of nitrogens with zero attached hydrogens (tertiary/aromatic N) is 4. The number of amides is 2. The maximum absolute atomic E-state index is 14.2. The molecular weight excluding hydrogens is 678 g/mol. The molecule has 1 aliphatic rings. The molecule has 0 spiro atoms. The third kappa shape index (κ3) is 7.80. The SMILES string of the molecule is CO[C@@H]1C[C@H](C(=O)N(c2ccc(S(F)(F)(F)(F)F)cc2)C(C(=O)NCCC(O)(c2ccccc2)C(F)(F)F)c2cccnc2)N(C#N)C1. The number of hydrogen-bond donors (Lipinski definition) is 2. The Morgan fingerprint density at radius 3 is 2.25 bits per heavy atom. The third-order valence-electron chi connectivity index (χ3n) is 7.82. The second-order valence-electron chi connectivity index (χ2n) is 11.0. The molecule has 2 heterocycles. The van der Waals surface area contributed by atoms with Gasteiger partial charge >= 0.3 is 16.4 Å². The summed E-state index contributed by atoms with van der Waals surface area (Å²) in [5, 5.41) is 22.6. The number of likely N-dealkylation sites (tertiary alicyclic amines) is 1. The number of nitriles is 1. The van der Waals surface area contributed by atoms with E-state index in [-0.39, 0.29) is 30.7 Å². The maximum Gasteiger partial charge on any atom is 0.421 e. The molecule has 2 N–H and O–H groups in total. The first-order chi connectivity index (χ1) is 22.2. The summed E-state index contributed by atoms with van der Waals surface area (Å²) in [7, 11) is -8.85. The molecule has 1 aromatic heterocycles. The molecule has 0 saturated carbocycles. The lowest BCUT2D eigenvalue weighted by atomic mass is 9.89. The molecular formula is C30H29F8N5O4S. The number of nitrogens with one attached hydrogen (secondary N) is 1. The molecule has 3 aromatic rings. The Labute approximate surface area is 269 Å². The van der Waals surface area contributed by atoms with Gasteiger partial charge in [-0.2, -0.15) is 18.4 Å². The number of rotatable bonds is 11. The van der Waals surface area contributed by atoms with E-state index >= 15 is 0 Å². The van der Waals surface area contributed by atoms with Crippen molar-refractivity contribution in [3.63, 3.8) is 0 Å². The summed E-state index contributed by atoms with van der Waals surface area (Å²) in [5.41, 5.74) is -4.47. The Kier molecular flexibility index (Phi) is 9.49. The fraction of sp³-hybridized carbons (Fsp3) is 0.333.